The van der Waals surface area contributed by atoms with Crippen molar-refractivity contribution in [2.45, 2.75) is 18.8 Å². The van der Waals surface area contributed by atoms with E-state index in [0.717, 1.165) is 24.3 Å². The Kier molecular flexibility index (Phi) is 5.21. The topological polar surface area (TPSA) is 69.0 Å². The van der Waals surface area contributed by atoms with E-state index in [4.69, 9.17) is 9.47 Å². The normalized spacial score (nSPS) is 17.0. The van der Waals surface area contributed by atoms with Crippen molar-refractivity contribution in [3.05, 3.63) is 52.4 Å². The van der Waals surface area contributed by atoms with Crippen LogP contribution in [-0.4, -0.2) is 52.7 Å². The molecule has 0 radical (unpaired) electrons. The van der Waals surface area contributed by atoms with Crippen LogP contribution < -0.4 is 9.47 Å². The van der Waals surface area contributed by atoms with Crippen molar-refractivity contribution >= 4 is 27.5 Å². The van der Waals surface area contributed by atoms with E-state index in [1.54, 1.807) is 26.4 Å². The number of methoxy groups -OCH3 is 2. The Balaban J connectivity index is 1.63. The molecule has 8 heteroatoms. The molecule has 1 saturated heterocycles. The third kappa shape index (κ3) is 3.32. The van der Waals surface area contributed by atoms with Gasteiger partial charge in [0.05, 0.1) is 24.3 Å². The minimum Gasteiger partial charge on any atom is -0.497 e. The van der Waals surface area contributed by atoms with Crippen molar-refractivity contribution in [3.63, 3.8) is 0 Å². The second-order valence-electron chi connectivity index (χ2n) is 6.77. The zero-order chi connectivity index (χ0) is 19.7. The van der Waals surface area contributed by atoms with Crippen LogP contribution in [0.25, 0.3) is 5.65 Å². The second-order valence-corrected chi connectivity index (χ2v) is 7.62. The van der Waals surface area contributed by atoms with Gasteiger partial charge in [-0.3, -0.25) is 9.20 Å². The monoisotopic (exact) mass is 444 g/mol. The van der Waals surface area contributed by atoms with Crippen LogP contribution in [-0.2, 0) is 0 Å². The first-order chi connectivity index (χ1) is 13.6. The summed E-state index contributed by atoms with van der Waals surface area (Å²) in [6.45, 7) is 1.29. The highest BCUT2D eigenvalue weighted by Crippen LogP contribution is 2.35. The number of hydrogen-bond acceptors (Lipinski definition) is 5. The van der Waals surface area contributed by atoms with Crippen LogP contribution in [0.3, 0.4) is 0 Å². The van der Waals surface area contributed by atoms with Crippen LogP contribution in [0.1, 0.15) is 34.9 Å². The van der Waals surface area contributed by atoms with Gasteiger partial charge in [0.2, 0.25) is 0 Å². The van der Waals surface area contributed by atoms with E-state index in [1.807, 2.05) is 33.7 Å². The maximum Gasteiger partial charge on any atom is 0.257 e. The first-order valence-corrected chi connectivity index (χ1v) is 9.92. The third-order valence-electron chi connectivity index (χ3n) is 5.10. The Morgan fingerprint density at radius 2 is 2.07 bits per heavy atom. The summed E-state index contributed by atoms with van der Waals surface area (Å²) in [7, 11) is 3.14. The van der Waals surface area contributed by atoms with Gasteiger partial charge >= 0.3 is 0 Å². The highest BCUT2D eigenvalue weighted by Gasteiger charge is 2.30. The van der Waals surface area contributed by atoms with E-state index in [2.05, 4.69) is 26.1 Å². The van der Waals surface area contributed by atoms with E-state index in [0.29, 0.717) is 34.6 Å². The van der Waals surface area contributed by atoms with Gasteiger partial charge in [-0.25, -0.2) is 0 Å². The van der Waals surface area contributed by atoms with Crippen LogP contribution in [0.5, 0.6) is 11.5 Å². The summed E-state index contributed by atoms with van der Waals surface area (Å²) in [5.74, 6) is 2.07. The highest BCUT2D eigenvalue weighted by atomic mass is 79.9. The van der Waals surface area contributed by atoms with Gasteiger partial charge < -0.3 is 14.4 Å². The molecule has 0 N–H and O–H groups in total. The fraction of sp³-hybridized carbons (Fsp3) is 0.350. The average Bonchev–Trinajstić information content (AvgIpc) is 3.17. The summed E-state index contributed by atoms with van der Waals surface area (Å²) in [5.41, 5.74) is 1.31. The molecule has 0 unspecified atom stereocenters. The van der Waals surface area contributed by atoms with Crippen molar-refractivity contribution in [2.24, 2.45) is 0 Å². The lowest BCUT2D eigenvalue weighted by Crippen LogP contribution is -2.39. The number of carbonyl (C=O) groups is 1. The predicted octanol–water partition coefficient (Wildman–Crippen LogP) is 3.53. The number of piperidine rings is 1. The fourth-order valence-electron chi connectivity index (χ4n) is 3.73. The van der Waals surface area contributed by atoms with Gasteiger partial charge in [0, 0.05) is 25.2 Å². The molecule has 1 aliphatic heterocycles. The van der Waals surface area contributed by atoms with Crippen molar-refractivity contribution in [3.8, 4) is 11.5 Å². The molecule has 0 bridgehead atoms. The number of nitrogens with zero attached hydrogens (tertiary/aromatic N) is 4. The number of aromatic nitrogens is 3. The van der Waals surface area contributed by atoms with E-state index in [-0.39, 0.29) is 11.8 Å². The largest absolute Gasteiger partial charge is 0.497 e. The van der Waals surface area contributed by atoms with E-state index in [1.165, 1.54) is 0 Å². The number of hydrogen-bond donors (Lipinski definition) is 0. The Labute approximate surface area is 171 Å². The number of rotatable bonds is 4. The van der Waals surface area contributed by atoms with E-state index < -0.39 is 0 Å². The van der Waals surface area contributed by atoms with Crippen LogP contribution in [0.4, 0.5) is 0 Å². The molecule has 2 aromatic heterocycles. The van der Waals surface area contributed by atoms with Gasteiger partial charge in [0.1, 0.15) is 17.3 Å². The predicted molar refractivity (Wildman–Crippen MR) is 108 cm³/mol. The van der Waals surface area contributed by atoms with Gasteiger partial charge in [-0.2, -0.15) is 0 Å². The van der Waals surface area contributed by atoms with Gasteiger partial charge in [-0.05, 0) is 53.0 Å². The molecule has 0 spiro atoms. The van der Waals surface area contributed by atoms with E-state index in [9.17, 15) is 4.79 Å². The van der Waals surface area contributed by atoms with Gasteiger partial charge in [-0.15, -0.1) is 10.2 Å². The molecule has 0 saturated carbocycles. The minimum absolute atomic E-state index is 0.0741. The van der Waals surface area contributed by atoms with Crippen molar-refractivity contribution in [1.29, 1.82) is 0 Å². The molecule has 1 aliphatic rings. The quantitative estimate of drug-likeness (QED) is 0.615. The number of ether oxygens (including phenoxy) is 2. The second kappa shape index (κ2) is 7.79. The molecule has 7 nitrogen and oxygen atoms in total. The molecule has 1 amide bonds. The number of fused-ring (bicyclic) bond motifs is 1. The zero-order valence-electron chi connectivity index (χ0n) is 15.8. The van der Waals surface area contributed by atoms with Crippen LogP contribution in [0.2, 0.25) is 0 Å². The molecule has 146 valence electrons. The van der Waals surface area contributed by atoms with Crippen LogP contribution >= 0.6 is 15.9 Å². The molecule has 1 atom stereocenters. The Bertz CT molecular complexity index is 1020. The summed E-state index contributed by atoms with van der Waals surface area (Å²) >= 11 is 3.46. The number of amides is 1. The molecular weight excluding hydrogens is 424 g/mol. The Hall–Kier alpha value is -2.61. The SMILES string of the molecule is COc1cc(Br)c(OC)c(C(=O)N2CCC[C@@H](c3nnc4ccccn34)C2)c1. The standard InChI is InChI=1S/C20H21BrN4O3/c1-27-14-10-15(18(28-2)16(21)11-14)20(26)24-8-5-6-13(12-24)19-23-22-17-7-3-4-9-25(17)19/h3-4,7,9-11,13H,5-6,8,12H2,1-2H3/t13-/m1/s1. The molecule has 1 aromatic carbocycles. The smallest absolute Gasteiger partial charge is 0.257 e. The highest BCUT2D eigenvalue weighted by molar-refractivity contribution is 9.10. The molecule has 3 heterocycles. The van der Waals surface area contributed by atoms with Gasteiger partial charge in [0.25, 0.3) is 5.91 Å². The lowest BCUT2D eigenvalue weighted by molar-refractivity contribution is 0.0700. The molecule has 3 aromatic rings. The number of halogens is 1. The summed E-state index contributed by atoms with van der Waals surface area (Å²) < 4.78 is 13.5. The van der Waals surface area contributed by atoms with Crippen molar-refractivity contribution in [2.75, 3.05) is 27.3 Å². The number of pyridine rings is 1. The number of benzene rings is 1. The summed E-state index contributed by atoms with van der Waals surface area (Å²) in [5, 5.41) is 8.63. The van der Waals surface area contributed by atoms with E-state index >= 15 is 0 Å². The fourth-order valence-corrected chi connectivity index (χ4v) is 4.33. The third-order valence-corrected chi connectivity index (χ3v) is 5.69. The zero-order valence-corrected chi connectivity index (χ0v) is 17.3. The molecule has 4 rings (SSSR count). The number of carbonyl (C=O) groups excluding carboxylic acids is 1. The van der Waals surface area contributed by atoms with Crippen molar-refractivity contribution in [1.82, 2.24) is 19.5 Å². The maximum absolute atomic E-state index is 13.3. The minimum atomic E-state index is -0.0741. The van der Waals surface area contributed by atoms with Gasteiger partial charge in [0.15, 0.2) is 5.65 Å². The summed E-state index contributed by atoms with van der Waals surface area (Å²) in [6.07, 6.45) is 3.84. The lowest BCUT2D eigenvalue weighted by Gasteiger charge is -2.32. The van der Waals surface area contributed by atoms with Crippen LogP contribution in [0.15, 0.2) is 41.0 Å². The van der Waals surface area contributed by atoms with Crippen molar-refractivity contribution < 1.29 is 14.3 Å². The molecule has 0 aliphatic carbocycles. The summed E-state index contributed by atoms with van der Waals surface area (Å²) in [6, 6.07) is 9.35. The first-order valence-electron chi connectivity index (χ1n) is 9.13. The lowest BCUT2D eigenvalue weighted by atomic mass is 9.96. The van der Waals surface area contributed by atoms with Gasteiger partial charge in [-0.1, -0.05) is 6.07 Å². The Morgan fingerprint density at radius 1 is 1.21 bits per heavy atom. The average molecular weight is 445 g/mol. The van der Waals surface area contributed by atoms with Crippen LogP contribution in [0, 0.1) is 0 Å². The Morgan fingerprint density at radius 3 is 2.86 bits per heavy atom. The molecular formula is C20H21BrN4O3. The number of likely N-dealkylation sites (tertiary alicyclic amines) is 1. The maximum atomic E-state index is 13.3. The molecule has 1 fully saturated rings. The summed E-state index contributed by atoms with van der Waals surface area (Å²) in [4.78, 5) is 15.2. The molecule has 28 heavy (non-hydrogen) atoms. The first kappa shape index (κ1) is 18.7.